The lowest BCUT2D eigenvalue weighted by Gasteiger charge is -2.20. The Morgan fingerprint density at radius 1 is 1.12 bits per heavy atom. The van der Waals surface area contributed by atoms with Gasteiger partial charge in [-0.1, -0.05) is 37.1 Å². The first kappa shape index (κ1) is 11.3. The van der Waals surface area contributed by atoms with Gasteiger partial charge >= 0.3 is 0 Å². The van der Waals surface area contributed by atoms with E-state index in [-0.39, 0.29) is 0 Å². The molecule has 1 saturated carbocycles. The third kappa shape index (κ3) is 2.29. The molecule has 86 valence electrons. The van der Waals surface area contributed by atoms with Crippen molar-refractivity contribution in [1.82, 2.24) is 0 Å². The van der Waals surface area contributed by atoms with Crippen molar-refractivity contribution in [2.24, 2.45) is 0 Å². The van der Waals surface area contributed by atoms with Gasteiger partial charge in [0.05, 0.1) is 0 Å². The predicted octanol–water partition coefficient (Wildman–Crippen LogP) is 4.40. The zero-order valence-corrected chi connectivity index (χ0v) is 10.1. The normalized spacial score (nSPS) is 16.2. The molecule has 0 bridgehead atoms. The molecule has 1 aliphatic rings. The summed E-state index contributed by atoms with van der Waals surface area (Å²) in [6, 6.07) is 8.27. The molecule has 0 amide bonds. The van der Waals surface area contributed by atoms with Crippen molar-refractivity contribution in [3.63, 3.8) is 0 Å². The standard InChI is InChI=1S/C15H21N/c1-2-13(12-8-4-3-5-9-12)14-10-6-7-11-15(14)16/h6-7,10-11H,2-5,8-9,16H2,1H3. The minimum atomic E-state index is 0.928. The first-order valence-electron chi connectivity index (χ1n) is 6.38. The molecule has 1 fully saturated rings. The van der Waals surface area contributed by atoms with E-state index in [2.05, 4.69) is 19.1 Å². The van der Waals surface area contributed by atoms with Crippen molar-refractivity contribution < 1.29 is 0 Å². The predicted molar refractivity (Wildman–Crippen MR) is 71.2 cm³/mol. The van der Waals surface area contributed by atoms with Gasteiger partial charge in [0.25, 0.3) is 0 Å². The Labute approximate surface area is 98.4 Å². The maximum Gasteiger partial charge on any atom is 0.0390 e. The summed E-state index contributed by atoms with van der Waals surface area (Å²) >= 11 is 0. The summed E-state index contributed by atoms with van der Waals surface area (Å²) in [5, 5.41) is 0. The number of rotatable bonds is 2. The van der Waals surface area contributed by atoms with E-state index in [0.29, 0.717) is 0 Å². The maximum atomic E-state index is 6.07. The fraction of sp³-hybridized carbons (Fsp3) is 0.467. The molecular weight excluding hydrogens is 194 g/mol. The van der Waals surface area contributed by atoms with Crippen molar-refractivity contribution in [3.05, 3.63) is 35.4 Å². The van der Waals surface area contributed by atoms with Gasteiger partial charge in [-0.2, -0.15) is 0 Å². The van der Waals surface area contributed by atoms with Gasteiger partial charge in [0.2, 0.25) is 0 Å². The average Bonchev–Trinajstić information content (AvgIpc) is 2.34. The van der Waals surface area contributed by atoms with E-state index in [1.807, 2.05) is 12.1 Å². The highest BCUT2D eigenvalue weighted by molar-refractivity contribution is 5.77. The van der Waals surface area contributed by atoms with Gasteiger partial charge in [-0.05, 0) is 43.7 Å². The van der Waals surface area contributed by atoms with Gasteiger partial charge in [-0.3, -0.25) is 0 Å². The van der Waals surface area contributed by atoms with Crippen LogP contribution in [-0.4, -0.2) is 0 Å². The van der Waals surface area contributed by atoms with E-state index in [4.69, 9.17) is 5.73 Å². The minimum absolute atomic E-state index is 0.928. The Kier molecular flexibility index (Phi) is 3.66. The van der Waals surface area contributed by atoms with Crippen molar-refractivity contribution in [3.8, 4) is 0 Å². The van der Waals surface area contributed by atoms with E-state index >= 15 is 0 Å². The molecule has 2 N–H and O–H groups in total. The molecule has 1 aliphatic carbocycles. The van der Waals surface area contributed by atoms with Crippen molar-refractivity contribution in [1.29, 1.82) is 0 Å². The SMILES string of the molecule is CCC(=C1CCCCC1)c1ccccc1N. The quantitative estimate of drug-likeness (QED) is 0.727. The lowest BCUT2D eigenvalue weighted by atomic mass is 9.87. The first-order valence-corrected chi connectivity index (χ1v) is 6.38. The number of hydrogen-bond acceptors (Lipinski definition) is 1. The van der Waals surface area contributed by atoms with Gasteiger partial charge < -0.3 is 5.73 Å². The molecule has 0 aromatic heterocycles. The lowest BCUT2D eigenvalue weighted by molar-refractivity contribution is 0.599. The zero-order valence-electron chi connectivity index (χ0n) is 10.1. The minimum Gasteiger partial charge on any atom is -0.398 e. The van der Waals surface area contributed by atoms with Crippen LogP contribution in [0.5, 0.6) is 0 Å². The topological polar surface area (TPSA) is 26.0 Å². The van der Waals surface area contributed by atoms with Crippen LogP contribution in [0, 0.1) is 0 Å². The molecule has 0 spiro atoms. The summed E-state index contributed by atoms with van der Waals surface area (Å²) in [5.74, 6) is 0. The Balaban J connectivity index is 2.38. The largest absolute Gasteiger partial charge is 0.398 e. The van der Waals surface area contributed by atoms with Crippen molar-refractivity contribution in [2.45, 2.75) is 45.4 Å². The van der Waals surface area contributed by atoms with Gasteiger partial charge in [0.1, 0.15) is 0 Å². The Morgan fingerprint density at radius 3 is 2.44 bits per heavy atom. The Bertz CT molecular complexity index is 382. The molecule has 2 rings (SSSR count). The summed E-state index contributed by atoms with van der Waals surface area (Å²) in [6.07, 6.45) is 7.75. The number of anilines is 1. The molecule has 0 atom stereocenters. The Hall–Kier alpha value is -1.24. The van der Waals surface area contributed by atoms with Crippen LogP contribution in [-0.2, 0) is 0 Å². The molecule has 16 heavy (non-hydrogen) atoms. The van der Waals surface area contributed by atoms with Crippen LogP contribution in [0.4, 0.5) is 5.69 Å². The molecule has 1 heteroatoms. The summed E-state index contributed by atoms with van der Waals surface area (Å²) in [5.41, 5.74) is 11.4. The van der Waals surface area contributed by atoms with E-state index in [0.717, 1.165) is 12.1 Å². The number of para-hydroxylation sites is 1. The highest BCUT2D eigenvalue weighted by atomic mass is 14.6. The summed E-state index contributed by atoms with van der Waals surface area (Å²) in [6.45, 7) is 2.24. The van der Waals surface area contributed by atoms with E-state index in [1.165, 1.54) is 43.2 Å². The second-order valence-corrected chi connectivity index (χ2v) is 4.58. The molecule has 1 aromatic carbocycles. The molecule has 0 aliphatic heterocycles. The summed E-state index contributed by atoms with van der Waals surface area (Å²) in [7, 11) is 0. The third-order valence-corrected chi connectivity index (χ3v) is 3.52. The third-order valence-electron chi connectivity index (χ3n) is 3.52. The van der Waals surface area contributed by atoms with Crippen molar-refractivity contribution >= 4 is 11.3 Å². The van der Waals surface area contributed by atoms with Crippen LogP contribution in [0.25, 0.3) is 5.57 Å². The van der Waals surface area contributed by atoms with E-state index in [9.17, 15) is 0 Å². The average molecular weight is 215 g/mol. The van der Waals surface area contributed by atoms with Crippen molar-refractivity contribution in [2.75, 3.05) is 5.73 Å². The number of nitrogen functional groups attached to an aromatic ring is 1. The highest BCUT2D eigenvalue weighted by Gasteiger charge is 2.12. The van der Waals surface area contributed by atoms with Gasteiger partial charge in [-0.25, -0.2) is 0 Å². The molecule has 0 heterocycles. The smallest absolute Gasteiger partial charge is 0.0390 e. The molecule has 0 unspecified atom stereocenters. The maximum absolute atomic E-state index is 6.07. The molecule has 0 saturated heterocycles. The fourth-order valence-corrected chi connectivity index (χ4v) is 2.68. The van der Waals surface area contributed by atoms with Crippen LogP contribution in [0.3, 0.4) is 0 Å². The van der Waals surface area contributed by atoms with Crippen LogP contribution < -0.4 is 5.73 Å². The monoisotopic (exact) mass is 215 g/mol. The van der Waals surface area contributed by atoms with Crippen LogP contribution in [0.2, 0.25) is 0 Å². The highest BCUT2D eigenvalue weighted by Crippen LogP contribution is 2.34. The molecule has 0 radical (unpaired) electrons. The zero-order chi connectivity index (χ0) is 11.4. The molecular formula is C15H21N. The van der Waals surface area contributed by atoms with Crippen LogP contribution in [0.1, 0.15) is 51.0 Å². The van der Waals surface area contributed by atoms with Crippen LogP contribution >= 0.6 is 0 Å². The molecule has 1 nitrogen and oxygen atoms in total. The van der Waals surface area contributed by atoms with Gasteiger partial charge in [0.15, 0.2) is 0 Å². The second-order valence-electron chi connectivity index (χ2n) is 4.58. The fourth-order valence-electron chi connectivity index (χ4n) is 2.68. The lowest BCUT2D eigenvalue weighted by Crippen LogP contribution is -2.00. The van der Waals surface area contributed by atoms with E-state index < -0.39 is 0 Å². The van der Waals surface area contributed by atoms with Crippen LogP contribution in [0.15, 0.2) is 29.8 Å². The first-order chi connectivity index (χ1) is 7.83. The number of nitrogens with two attached hydrogens (primary N) is 1. The number of benzene rings is 1. The van der Waals surface area contributed by atoms with Gasteiger partial charge in [-0.15, -0.1) is 0 Å². The van der Waals surface area contributed by atoms with E-state index in [1.54, 1.807) is 5.57 Å². The second kappa shape index (κ2) is 5.20. The number of allylic oxidation sites excluding steroid dienone is 2. The number of hydrogen-bond donors (Lipinski definition) is 1. The molecule has 1 aromatic rings. The summed E-state index contributed by atoms with van der Waals surface area (Å²) in [4.78, 5) is 0. The Morgan fingerprint density at radius 2 is 1.81 bits per heavy atom. The van der Waals surface area contributed by atoms with Gasteiger partial charge in [0, 0.05) is 11.3 Å². The summed E-state index contributed by atoms with van der Waals surface area (Å²) < 4.78 is 0.